The van der Waals surface area contributed by atoms with E-state index in [0.717, 1.165) is 18.4 Å². The molecule has 0 amide bonds. The van der Waals surface area contributed by atoms with E-state index in [-0.39, 0.29) is 0 Å². The zero-order valence-corrected chi connectivity index (χ0v) is 17.1. The van der Waals surface area contributed by atoms with Gasteiger partial charge in [0.2, 0.25) is 0 Å². The second-order valence-electron chi connectivity index (χ2n) is 7.90. The van der Waals surface area contributed by atoms with Gasteiger partial charge < -0.3 is 0 Å². The van der Waals surface area contributed by atoms with Crippen LogP contribution in [0.1, 0.15) is 61.4 Å². The van der Waals surface area contributed by atoms with Crippen LogP contribution in [0.5, 0.6) is 0 Å². The van der Waals surface area contributed by atoms with E-state index in [1.807, 2.05) is 6.07 Å². The maximum Gasteiger partial charge on any atom is 0.0991 e. The van der Waals surface area contributed by atoms with Crippen LogP contribution < -0.4 is 0 Å². The predicted octanol–water partition coefficient (Wildman–Crippen LogP) is 7.59. The highest BCUT2D eigenvalue weighted by molar-refractivity contribution is 6.09. The number of fused-ring (bicyclic) bond motifs is 6. The largest absolute Gasteiger partial charge is 0.192 e. The maximum absolute atomic E-state index is 9.43. The van der Waals surface area contributed by atoms with Gasteiger partial charge in [-0.1, -0.05) is 55.8 Å². The number of nitriles is 1. The normalized spacial score (nSPS) is 16.1. The highest BCUT2D eigenvalue weighted by Gasteiger charge is 2.30. The molecule has 0 N–H and O–H groups in total. The van der Waals surface area contributed by atoms with Gasteiger partial charge in [0.05, 0.1) is 11.6 Å². The van der Waals surface area contributed by atoms with Gasteiger partial charge in [-0.25, -0.2) is 0 Å². The minimum atomic E-state index is 0.724. The summed E-state index contributed by atoms with van der Waals surface area (Å²) < 4.78 is 0. The fourth-order valence-electron chi connectivity index (χ4n) is 4.83. The minimum Gasteiger partial charge on any atom is -0.192 e. The summed E-state index contributed by atoms with van der Waals surface area (Å²) in [4.78, 5) is 0. The van der Waals surface area contributed by atoms with Crippen molar-refractivity contribution in [3.63, 3.8) is 0 Å². The van der Waals surface area contributed by atoms with Crippen LogP contribution in [0.25, 0.3) is 33.4 Å². The van der Waals surface area contributed by atoms with Gasteiger partial charge in [-0.3, -0.25) is 0 Å². The van der Waals surface area contributed by atoms with Gasteiger partial charge >= 0.3 is 0 Å². The van der Waals surface area contributed by atoms with E-state index < -0.39 is 0 Å². The van der Waals surface area contributed by atoms with Crippen molar-refractivity contribution in [3.8, 4) is 28.3 Å². The Morgan fingerprint density at radius 1 is 0.793 bits per heavy atom. The molecule has 0 bridgehead atoms. The van der Waals surface area contributed by atoms with E-state index >= 15 is 0 Å². The number of benzene rings is 3. The first kappa shape index (κ1) is 17.7. The van der Waals surface area contributed by atoms with Crippen LogP contribution in [-0.4, -0.2) is 0 Å². The predicted molar refractivity (Wildman–Crippen MR) is 121 cm³/mol. The SMILES string of the molecule is CC/C=C1\c2ccccc2-c2cc3c(cc21)/C(=C(\C)CC)c1cc(C#N)ccc1-3. The maximum atomic E-state index is 9.43. The lowest BCUT2D eigenvalue weighted by Gasteiger charge is -2.10. The van der Waals surface area contributed by atoms with E-state index in [1.54, 1.807) is 0 Å². The molecule has 5 rings (SSSR count). The number of hydrogen-bond donors (Lipinski definition) is 0. The fourth-order valence-corrected chi connectivity index (χ4v) is 4.83. The standard InChI is InChI=1S/C28H23N/c1-4-8-19-20-9-6-7-10-21(20)23-14-25-22-12-11-18(16-29)13-26(22)28(17(3)5-2)27(25)15-24(19)23/h6-15H,4-5H2,1-3H3/b19-8+,28-17+. The Balaban J connectivity index is 1.86. The molecule has 2 aliphatic carbocycles. The van der Waals surface area contributed by atoms with Gasteiger partial charge in [-0.2, -0.15) is 5.26 Å². The topological polar surface area (TPSA) is 23.8 Å². The van der Waals surface area contributed by atoms with Crippen LogP contribution in [0.2, 0.25) is 0 Å². The summed E-state index contributed by atoms with van der Waals surface area (Å²) in [5.41, 5.74) is 15.1. The minimum absolute atomic E-state index is 0.724. The molecule has 0 unspecified atom stereocenters. The fraction of sp³-hybridized carbons (Fsp3) is 0.179. The average molecular weight is 373 g/mol. The molecule has 0 aromatic heterocycles. The quantitative estimate of drug-likeness (QED) is 0.313. The lowest BCUT2D eigenvalue weighted by atomic mass is 9.93. The molecular weight excluding hydrogens is 350 g/mol. The van der Waals surface area contributed by atoms with Crippen molar-refractivity contribution >= 4 is 11.1 Å². The zero-order valence-electron chi connectivity index (χ0n) is 17.1. The first-order chi connectivity index (χ1) is 14.2. The van der Waals surface area contributed by atoms with Crippen LogP contribution in [-0.2, 0) is 0 Å². The Hall–Kier alpha value is -3.37. The molecule has 3 aromatic rings. The first-order valence-electron chi connectivity index (χ1n) is 10.4. The van der Waals surface area contributed by atoms with Crippen LogP contribution in [0, 0.1) is 11.3 Å². The van der Waals surface area contributed by atoms with Crippen molar-refractivity contribution in [3.05, 3.63) is 94.1 Å². The Kier molecular flexibility index (Phi) is 4.03. The van der Waals surface area contributed by atoms with E-state index in [4.69, 9.17) is 0 Å². The van der Waals surface area contributed by atoms with Crippen molar-refractivity contribution in [1.29, 1.82) is 5.26 Å². The number of nitrogens with zero attached hydrogens (tertiary/aromatic N) is 1. The molecule has 0 saturated carbocycles. The Bertz CT molecular complexity index is 1280. The molecule has 0 heterocycles. The molecule has 140 valence electrons. The molecule has 0 aliphatic heterocycles. The zero-order chi connectivity index (χ0) is 20.1. The molecular formula is C28H23N. The van der Waals surface area contributed by atoms with Gasteiger partial charge in [0.25, 0.3) is 0 Å². The molecule has 29 heavy (non-hydrogen) atoms. The summed E-state index contributed by atoms with van der Waals surface area (Å²) in [6, 6.07) is 21.9. The van der Waals surface area contributed by atoms with E-state index in [9.17, 15) is 5.26 Å². The highest BCUT2D eigenvalue weighted by atomic mass is 14.3. The van der Waals surface area contributed by atoms with E-state index in [0.29, 0.717) is 0 Å². The third-order valence-corrected chi connectivity index (χ3v) is 6.30. The third-order valence-electron chi connectivity index (χ3n) is 6.30. The van der Waals surface area contributed by atoms with Gasteiger partial charge in [-0.15, -0.1) is 0 Å². The Morgan fingerprint density at radius 2 is 1.45 bits per heavy atom. The van der Waals surface area contributed by atoms with Crippen molar-refractivity contribution in [1.82, 2.24) is 0 Å². The van der Waals surface area contributed by atoms with Crippen LogP contribution in [0.15, 0.2) is 66.2 Å². The van der Waals surface area contributed by atoms with Crippen LogP contribution in [0.4, 0.5) is 0 Å². The Morgan fingerprint density at radius 3 is 2.17 bits per heavy atom. The molecule has 0 saturated heterocycles. The smallest absolute Gasteiger partial charge is 0.0991 e. The summed E-state index contributed by atoms with van der Waals surface area (Å²) in [6.45, 7) is 6.63. The number of allylic oxidation sites excluding steroid dienone is 2. The third kappa shape index (κ3) is 2.46. The molecule has 0 spiro atoms. The average Bonchev–Trinajstić information content (AvgIpc) is 3.24. The monoisotopic (exact) mass is 373 g/mol. The Labute approximate surface area is 172 Å². The van der Waals surface area contributed by atoms with Gasteiger partial charge in [0.15, 0.2) is 0 Å². The lowest BCUT2D eigenvalue weighted by Crippen LogP contribution is -1.90. The molecule has 2 aliphatic rings. The second kappa shape index (κ2) is 6.61. The van der Waals surface area contributed by atoms with Crippen LogP contribution in [0.3, 0.4) is 0 Å². The molecule has 1 heteroatoms. The summed E-state index contributed by atoms with van der Waals surface area (Å²) in [5.74, 6) is 0. The first-order valence-corrected chi connectivity index (χ1v) is 10.4. The van der Waals surface area contributed by atoms with Gasteiger partial charge in [-0.05, 0) is 99.7 Å². The van der Waals surface area contributed by atoms with Crippen molar-refractivity contribution < 1.29 is 0 Å². The van der Waals surface area contributed by atoms with Gasteiger partial charge in [0.1, 0.15) is 0 Å². The van der Waals surface area contributed by atoms with E-state index in [1.165, 1.54) is 61.2 Å². The molecule has 0 atom stereocenters. The number of rotatable bonds is 2. The molecule has 3 aromatic carbocycles. The molecule has 1 nitrogen and oxygen atoms in total. The number of hydrogen-bond acceptors (Lipinski definition) is 1. The molecule has 0 fully saturated rings. The van der Waals surface area contributed by atoms with Crippen molar-refractivity contribution in [2.24, 2.45) is 0 Å². The lowest BCUT2D eigenvalue weighted by molar-refractivity contribution is 1.10. The highest BCUT2D eigenvalue weighted by Crippen LogP contribution is 2.53. The summed E-state index contributed by atoms with van der Waals surface area (Å²) >= 11 is 0. The molecule has 0 radical (unpaired) electrons. The van der Waals surface area contributed by atoms with Gasteiger partial charge in [0, 0.05) is 0 Å². The summed E-state index contributed by atoms with van der Waals surface area (Å²) in [6.07, 6.45) is 4.37. The second-order valence-corrected chi connectivity index (χ2v) is 7.90. The summed E-state index contributed by atoms with van der Waals surface area (Å²) in [7, 11) is 0. The summed E-state index contributed by atoms with van der Waals surface area (Å²) in [5, 5.41) is 9.43. The van der Waals surface area contributed by atoms with E-state index in [2.05, 4.69) is 81.4 Å². The van der Waals surface area contributed by atoms with Crippen molar-refractivity contribution in [2.45, 2.75) is 33.6 Å². The van der Waals surface area contributed by atoms with Crippen LogP contribution >= 0.6 is 0 Å². The van der Waals surface area contributed by atoms with Crippen molar-refractivity contribution in [2.75, 3.05) is 0 Å².